The third kappa shape index (κ3) is 36.1. The predicted octanol–water partition coefficient (Wildman–Crippen LogP) is 13.9. The van der Waals surface area contributed by atoms with Gasteiger partial charge in [0.25, 0.3) is 0 Å². The highest BCUT2D eigenvalue weighted by Crippen LogP contribution is 2.09. The van der Waals surface area contributed by atoms with Crippen LogP contribution in [0, 0.1) is 23.7 Å². The van der Waals surface area contributed by atoms with Crippen molar-refractivity contribution in [3.63, 3.8) is 0 Å². The molecule has 0 unspecified atom stereocenters. The lowest BCUT2D eigenvalue weighted by Gasteiger charge is -1.91. The van der Waals surface area contributed by atoms with Crippen LogP contribution in [0.15, 0.2) is 152 Å². The minimum absolute atomic E-state index is 0.833. The van der Waals surface area contributed by atoms with Crippen molar-refractivity contribution in [2.45, 2.75) is 83.1 Å². The molecule has 0 aliphatic heterocycles. The molecule has 0 amide bonds. The lowest BCUT2D eigenvalue weighted by molar-refractivity contribution is 0.736. The second-order valence-corrected chi connectivity index (χ2v) is 13.5. The number of benzene rings is 3. The fraction of sp³-hybridized carbons (Fsp3) is 0.356. The third-order valence-electron chi connectivity index (χ3n) is 4.30. The zero-order valence-corrected chi connectivity index (χ0v) is 32.1. The Labute approximate surface area is 295 Å². The molecule has 6 rings (SSSR count). The molecule has 3 heteroatoms. The second-order valence-electron chi connectivity index (χ2n) is 13.5. The van der Waals surface area contributed by atoms with E-state index in [2.05, 4.69) is 122 Å². The molecule has 0 bridgehead atoms. The van der Waals surface area contributed by atoms with Gasteiger partial charge in [-0.05, 0) is 64.8 Å². The van der Waals surface area contributed by atoms with E-state index in [4.69, 9.17) is 0 Å². The normalized spacial score (nSPS) is 9.17. The van der Waals surface area contributed by atoms with Gasteiger partial charge in [-0.2, -0.15) is 0 Å². The highest BCUT2D eigenvalue weighted by Gasteiger charge is 1.87. The summed E-state index contributed by atoms with van der Waals surface area (Å²) in [6.45, 7) is 26.0. The van der Waals surface area contributed by atoms with E-state index in [1.807, 2.05) is 116 Å². The van der Waals surface area contributed by atoms with E-state index >= 15 is 0 Å². The molecule has 0 fully saturated rings. The first-order valence-electron chi connectivity index (χ1n) is 17.3. The van der Waals surface area contributed by atoms with Crippen LogP contribution in [0.2, 0.25) is 0 Å². The third-order valence-corrected chi connectivity index (χ3v) is 4.30. The molecule has 3 heterocycles. The molecule has 0 aliphatic rings. The van der Waals surface area contributed by atoms with Crippen LogP contribution < -0.4 is 0 Å². The van der Waals surface area contributed by atoms with Gasteiger partial charge in [0, 0.05) is 36.4 Å². The molecule has 0 N–H and O–H groups in total. The van der Waals surface area contributed by atoms with Crippen LogP contribution in [-0.2, 0) is 0 Å². The Morgan fingerprint density at radius 3 is 1.06 bits per heavy atom. The van der Waals surface area contributed by atoms with Crippen molar-refractivity contribution in [1.29, 1.82) is 0 Å². The van der Waals surface area contributed by atoms with Crippen LogP contribution in [0.3, 0.4) is 0 Å². The van der Waals surface area contributed by atoms with Gasteiger partial charge in [-0.15, -0.1) is 0 Å². The Morgan fingerprint density at radius 2 is 0.688 bits per heavy atom. The summed E-state index contributed by atoms with van der Waals surface area (Å²) in [7, 11) is 0. The Hall–Kier alpha value is -4.37. The molecule has 0 atom stereocenters. The van der Waals surface area contributed by atoms with Gasteiger partial charge < -0.3 is 0 Å². The van der Waals surface area contributed by atoms with Crippen LogP contribution in [0.1, 0.15) is 83.1 Å². The highest BCUT2D eigenvalue weighted by atomic mass is 14.6. The lowest BCUT2D eigenvalue weighted by Crippen LogP contribution is -1.73. The van der Waals surface area contributed by atoms with Gasteiger partial charge in [0.05, 0.1) is 5.52 Å². The smallest absolute Gasteiger partial charge is 0.0701 e. The quantitative estimate of drug-likeness (QED) is 0.165. The Bertz CT molecular complexity index is 1140. The van der Waals surface area contributed by atoms with Gasteiger partial charge in [0.15, 0.2) is 0 Å². The van der Waals surface area contributed by atoms with Gasteiger partial charge >= 0.3 is 0 Å². The first kappa shape index (κ1) is 45.8. The van der Waals surface area contributed by atoms with Crippen LogP contribution in [0.25, 0.3) is 21.7 Å². The van der Waals surface area contributed by atoms with Gasteiger partial charge in [0.1, 0.15) is 0 Å². The van der Waals surface area contributed by atoms with Crippen LogP contribution >= 0.6 is 0 Å². The summed E-state index contributed by atoms with van der Waals surface area (Å²) in [5.41, 5.74) is 1.06. The van der Waals surface area contributed by atoms with Crippen molar-refractivity contribution in [3.8, 4) is 0 Å². The number of para-hydroxylation sites is 1. The fourth-order valence-electron chi connectivity index (χ4n) is 2.74. The maximum absolute atomic E-state index is 4.18. The summed E-state index contributed by atoms with van der Waals surface area (Å²) >= 11 is 0. The average molecular weight is 648 g/mol. The van der Waals surface area contributed by atoms with Gasteiger partial charge in [0.2, 0.25) is 0 Å². The Kier molecular flexibility index (Phi) is 31.0. The van der Waals surface area contributed by atoms with E-state index in [9.17, 15) is 0 Å². The number of nitrogens with zero attached hydrogens (tertiary/aromatic N) is 3. The number of fused-ring (bicyclic) bond motifs is 2. The molecular formula is C45H65N3. The SMILES string of the molecule is CC(C)C.CC(C)C.CC(C)C.CC(C)C.c1ccc2cnccc2c1.c1ccc2ncccc2c1.c1ccccc1.c1ccncc1. The number of rotatable bonds is 0. The number of aromatic nitrogens is 3. The molecule has 0 radical (unpaired) electrons. The topological polar surface area (TPSA) is 38.7 Å². The molecule has 0 saturated carbocycles. The van der Waals surface area contributed by atoms with Crippen molar-refractivity contribution in [2.75, 3.05) is 0 Å². The van der Waals surface area contributed by atoms with Crippen molar-refractivity contribution in [2.24, 2.45) is 23.7 Å². The maximum atomic E-state index is 4.18. The van der Waals surface area contributed by atoms with Crippen molar-refractivity contribution < 1.29 is 0 Å². The second kappa shape index (κ2) is 32.6. The average Bonchev–Trinajstić information content (AvgIpc) is 3.06. The molecule has 0 saturated heterocycles. The molecule has 0 spiro atoms. The molecule has 3 aromatic heterocycles. The molecule has 6 aromatic rings. The standard InChI is InChI=1S/2C9H7N.C6H6.C5H5N.4C4H10/c1-2-6-9-8(4-1)5-3-7-10-9;1-2-4-9-7-10-6-5-8(9)3-1;2*1-2-4-6-5-3-1;4*1-4(2)3/h2*1-7H;1-6H;1-5H;4*4H,1-3H3. The zero-order valence-electron chi connectivity index (χ0n) is 32.1. The van der Waals surface area contributed by atoms with Crippen molar-refractivity contribution >= 4 is 21.7 Å². The van der Waals surface area contributed by atoms with E-state index in [1.54, 1.807) is 12.4 Å². The van der Waals surface area contributed by atoms with E-state index in [0.29, 0.717) is 0 Å². The number of pyridine rings is 3. The van der Waals surface area contributed by atoms with Crippen LogP contribution in [0.5, 0.6) is 0 Å². The summed E-state index contributed by atoms with van der Waals surface area (Å²) < 4.78 is 0. The van der Waals surface area contributed by atoms with Gasteiger partial charge in [-0.25, -0.2) is 0 Å². The highest BCUT2D eigenvalue weighted by molar-refractivity contribution is 5.81. The summed E-state index contributed by atoms with van der Waals surface area (Å²) in [6, 6.07) is 40.0. The number of hydrogen-bond acceptors (Lipinski definition) is 3. The van der Waals surface area contributed by atoms with Gasteiger partial charge in [-0.1, -0.05) is 174 Å². The Morgan fingerprint density at radius 1 is 0.312 bits per heavy atom. The van der Waals surface area contributed by atoms with E-state index in [1.165, 1.54) is 16.2 Å². The molecular weight excluding hydrogens is 583 g/mol. The van der Waals surface area contributed by atoms with E-state index in [0.717, 1.165) is 29.2 Å². The van der Waals surface area contributed by atoms with Crippen molar-refractivity contribution in [3.05, 3.63) is 152 Å². The van der Waals surface area contributed by atoms with Gasteiger partial charge in [-0.3, -0.25) is 15.0 Å². The molecule has 48 heavy (non-hydrogen) atoms. The van der Waals surface area contributed by atoms with Crippen molar-refractivity contribution in [1.82, 2.24) is 15.0 Å². The zero-order chi connectivity index (χ0) is 36.4. The maximum Gasteiger partial charge on any atom is 0.0701 e. The first-order chi connectivity index (χ1) is 22.9. The van der Waals surface area contributed by atoms with E-state index in [-0.39, 0.29) is 0 Å². The molecule has 0 aliphatic carbocycles. The summed E-state index contributed by atoms with van der Waals surface area (Å²) in [4.78, 5) is 12.0. The number of hydrogen-bond donors (Lipinski definition) is 0. The summed E-state index contributed by atoms with van der Waals surface area (Å²) in [5.74, 6) is 3.33. The molecule has 3 nitrogen and oxygen atoms in total. The fourth-order valence-corrected chi connectivity index (χ4v) is 2.74. The minimum Gasteiger partial charge on any atom is -0.265 e. The molecule has 3 aromatic carbocycles. The molecule has 260 valence electrons. The lowest BCUT2D eigenvalue weighted by atomic mass is 10.2. The summed E-state index contributed by atoms with van der Waals surface area (Å²) in [6.07, 6.45) is 8.99. The Balaban J connectivity index is 0. The first-order valence-corrected chi connectivity index (χ1v) is 17.3. The van der Waals surface area contributed by atoms with Crippen LogP contribution in [0.4, 0.5) is 0 Å². The van der Waals surface area contributed by atoms with Crippen LogP contribution in [-0.4, -0.2) is 15.0 Å². The largest absolute Gasteiger partial charge is 0.265 e. The monoisotopic (exact) mass is 648 g/mol. The predicted molar refractivity (Wildman–Crippen MR) is 216 cm³/mol. The summed E-state index contributed by atoms with van der Waals surface area (Å²) in [5, 5.41) is 3.65. The minimum atomic E-state index is 0.833. The van der Waals surface area contributed by atoms with E-state index < -0.39 is 0 Å².